The fourth-order valence-corrected chi connectivity index (χ4v) is 7.54. The molecule has 0 aromatic rings. The maximum absolute atomic E-state index is 13.2. The number of carboxylic acids is 1. The largest absolute Gasteiger partial charge is 1.00 e. The van der Waals surface area contributed by atoms with Crippen LogP contribution in [-0.2, 0) is 43.2 Å². The summed E-state index contributed by atoms with van der Waals surface area (Å²) in [6.07, 6.45) is 2.60. The molecule has 0 aromatic carbocycles. The fraction of sp³-hybridized carbons (Fsp3) is 0.833. The molecule has 2 aliphatic heterocycles. The number of esters is 3. The minimum Gasteiger partial charge on any atom is -0.676 e. The van der Waals surface area contributed by atoms with Crippen molar-refractivity contribution in [3.63, 3.8) is 0 Å². The first-order valence-corrected chi connectivity index (χ1v) is 17.8. The molecule has 15 nitrogen and oxygen atoms in total. The number of rotatable bonds is 16. The summed E-state index contributed by atoms with van der Waals surface area (Å²) in [7, 11) is 0. The molecule has 2 saturated heterocycles. The van der Waals surface area contributed by atoms with Crippen LogP contribution in [0.5, 0.6) is 0 Å². The molecule has 2 rings (SSSR count). The van der Waals surface area contributed by atoms with Gasteiger partial charge in [0.25, 0.3) is 0 Å². The molecule has 2 heterocycles. The average molecular weight is 801 g/mol. The summed E-state index contributed by atoms with van der Waals surface area (Å²) >= 11 is 0. The Morgan fingerprint density at radius 3 is 1.70 bits per heavy atom. The Morgan fingerprint density at radius 1 is 0.759 bits per heavy atom. The van der Waals surface area contributed by atoms with E-state index in [1.54, 1.807) is 20.8 Å². The molecule has 0 radical (unpaired) electrons. The SMILES string of the molecule is CCC1(C(=O)[O-])CCOC(=O)C(CC)(CCO)CC(C)([CH+]O[O-])CCOC(=O)C(C)(CCO)C1.CCC1(CC(C)([CH+]O[O-])CCO)CCOC1=O.[Na+].[Na+].[Na+]. The van der Waals surface area contributed by atoms with Gasteiger partial charge in [0.2, 0.25) is 13.2 Å². The molecule has 2 fully saturated rings. The zero-order valence-corrected chi connectivity index (χ0v) is 40.1. The molecular formula is C36H59Na3O15+2. The van der Waals surface area contributed by atoms with E-state index in [9.17, 15) is 45.0 Å². The van der Waals surface area contributed by atoms with Crippen molar-refractivity contribution in [2.75, 3.05) is 39.6 Å². The first-order chi connectivity index (χ1) is 23.9. The number of carboxylic acid groups (broad SMARTS) is 1. The molecule has 54 heavy (non-hydrogen) atoms. The number of hydrogen-bond donors (Lipinski definition) is 3. The summed E-state index contributed by atoms with van der Waals surface area (Å²) < 4.78 is 16.1. The zero-order valence-electron chi connectivity index (χ0n) is 34.1. The Kier molecular flexibility index (Phi) is 29.5. The van der Waals surface area contributed by atoms with Gasteiger partial charge in [0.1, 0.15) is 10.8 Å². The van der Waals surface area contributed by atoms with E-state index in [1.807, 2.05) is 13.8 Å². The number of aliphatic hydroxyl groups is 3. The van der Waals surface area contributed by atoms with Crippen LogP contribution in [0.15, 0.2) is 0 Å². The smallest absolute Gasteiger partial charge is 0.676 e. The number of cyclic esters (lactones) is 3. The van der Waals surface area contributed by atoms with Gasteiger partial charge in [-0.2, -0.15) is 0 Å². The number of ether oxygens (including phenoxy) is 3. The van der Waals surface area contributed by atoms with E-state index in [-0.39, 0.29) is 173 Å². The normalized spacial score (nSPS) is 30.1. The molecule has 2 aliphatic rings. The number of carbonyl (C=O) groups is 4. The summed E-state index contributed by atoms with van der Waals surface area (Å²) in [5.74, 6) is -2.85. The Hall–Kier alpha value is 0.340. The van der Waals surface area contributed by atoms with Crippen molar-refractivity contribution >= 4 is 23.9 Å². The molecule has 3 N–H and O–H groups in total. The predicted molar refractivity (Wildman–Crippen MR) is 174 cm³/mol. The van der Waals surface area contributed by atoms with E-state index in [0.717, 1.165) is 6.61 Å². The van der Waals surface area contributed by atoms with Crippen molar-refractivity contribution < 1.29 is 163 Å². The summed E-state index contributed by atoms with van der Waals surface area (Å²) in [5.41, 5.74) is -6.10. The van der Waals surface area contributed by atoms with Crippen LogP contribution in [-0.4, -0.2) is 78.8 Å². The Labute approximate surface area is 387 Å². The minimum absolute atomic E-state index is 0. The van der Waals surface area contributed by atoms with Gasteiger partial charge in [-0.3, -0.25) is 14.4 Å². The molecule has 294 valence electrons. The molecule has 0 spiro atoms. The number of aliphatic carboxylic acids is 1. The summed E-state index contributed by atoms with van der Waals surface area (Å²) in [4.78, 5) is 58.2. The molecule has 0 bridgehead atoms. The first-order valence-electron chi connectivity index (χ1n) is 17.8. The van der Waals surface area contributed by atoms with Gasteiger partial charge in [0.05, 0.1) is 36.1 Å². The maximum atomic E-state index is 13.2. The monoisotopic (exact) mass is 800 g/mol. The summed E-state index contributed by atoms with van der Waals surface area (Å²) in [6.45, 7) is 11.9. The minimum atomic E-state index is -1.49. The fourth-order valence-electron chi connectivity index (χ4n) is 7.54. The van der Waals surface area contributed by atoms with Crippen molar-refractivity contribution in [3.8, 4) is 0 Å². The quantitative estimate of drug-likeness (QED) is 0.0328. The third-order valence-corrected chi connectivity index (χ3v) is 11.2. The van der Waals surface area contributed by atoms with Crippen molar-refractivity contribution in [2.24, 2.45) is 32.5 Å². The van der Waals surface area contributed by atoms with E-state index < -0.39 is 50.4 Å². The molecule has 6 atom stereocenters. The van der Waals surface area contributed by atoms with E-state index in [0.29, 0.717) is 38.7 Å². The van der Waals surface area contributed by atoms with Crippen molar-refractivity contribution in [1.82, 2.24) is 0 Å². The molecular weight excluding hydrogens is 741 g/mol. The maximum Gasteiger partial charge on any atom is 1.00 e. The molecule has 0 amide bonds. The van der Waals surface area contributed by atoms with Crippen LogP contribution < -0.4 is 104 Å². The molecule has 18 heteroatoms. The third-order valence-electron chi connectivity index (χ3n) is 11.2. The molecule has 6 unspecified atom stereocenters. The standard InChI is InChI=1S/C24H40O10.C12H20O5.3Na/c1-5-23(18(27)28)10-14-33-20(30)24(6-2,8-12-26)15-21(3,17-34-31)9-13-32-19(29)22(4,16-23)7-11-25;1-3-12(5-7-16-10(12)14)8-11(2,4-6-13)9-17-15;;;/h17,25-26H,5-16H2,1-4H3,(H,27,28);9,13H,3-8H2,1-2H3;;;/q;;3*+1/p-1. The first kappa shape index (κ1) is 58.7. The second-order valence-electron chi connectivity index (χ2n) is 15.1. The van der Waals surface area contributed by atoms with Crippen LogP contribution in [0.1, 0.15) is 119 Å². The van der Waals surface area contributed by atoms with Crippen molar-refractivity contribution in [3.05, 3.63) is 13.2 Å². The summed E-state index contributed by atoms with van der Waals surface area (Å²) in [6, 6.07) is 0. The van der Waals surface area contributed by atoms with Gasteiger partial charge in [0.15, 0.2) is 0 Å². The van der Waals surface area contributed by atoms with Gasteiger partial charge in [-0.15, -0.1) is 0 Å². The van der Waals surface area contributed by atoms with E-state index >= 15 is 0 Å². The number of hydrogen-bond acceptors (Lipinski definition) is 15. The van der Waals surface area contributed by atoms with E-state index in [4.69, 9.17) is 19.3 Å². The van der Waals surface area contributed by atoms with Crippen LogP contribution in [0.2, 0.25) is 0 Å². The van der Waals surface area contributed by atoms with E-state index in [1.165, 1.54) is 13.5 Å². The van der Waals surface area contributed by atoms with Gasteiger partial charge in [-0.1, -0.05) is 20.8 Å². The van der Waals surface area contributed by atoms with Gasteiger partial charge in [-0.25, -0.2) is 9.78 Å². The topological polar surface area (TPSA) is 244 Å². The molecule has 0 aromatic heterocycles. The van der Waals surface area contributed by atoms with Gasteiger partial charge < -0.3 is 49.9 Å². The molecule has 0 aliphatic carbocycles. The van der Waals surface area contributed by atoms with Crippen LogP contribution in [0.4, 0.5) is 0 Å². The third kappa shape index (κ3) is 16.2. The van der Waals surface area contributed by atoms with Crippen LogP contribution in [0, 0.1) is 45.7 Å². The van der Waals surface area contributed by atoms with Crippen molar-refractivity contribution in [1.29, 1.82) is 0 Å². The zero-order chi connectivity index (χ0) is 39.0. The predicted octanol–water partition coefficient (Wildman–Crippen LogP) is -8.01. The second kappa shape index (κ2) is 27.2. The Balaban J connectivity index is -0.00000110. The van der Waals surface area contributed by atoms with Crippen molar-refractivity contribution in [2.45, 2.75) is 119 Å². The van der Waals surface area contributed by atoms with Gasteiger partial charge in [0, 0.05) is 56.9 Å². The van der Waals surface area contributed by atoms with Crippen LogP contribution >= 0.6 is 0 Å². The number of carbonyl (C=O) groups excluding carboxylic acids is 4. The Bertz CT molecular complexity index is 1130. The molecule has 0 saturated carbocycles. The Morgan fingerprint density at radius 2 is 1.28 bits per heavy atom. The summed E-state index contributed by atoms with van der Waals surface area (Å²) in [5, 5.41) is 61.8. The second-order valence-corrected chi connectivity index (χ2v) is 15.1. The van der Waals surface area contributed by atoms with Gasteiger partial charge in [-0.05, 0) is 72.1 Å². The van der Waals surface area contributed by atoms with Crippen LogP contribution in [0.3, 0.4) is 0 Å². The average Bonchev–Trinajstić information content (AvgIpc) is 3.43. The number of aliphatic hydroxyl groups excluding tert-OH is 3. The van der Waals surface area contributed by atoms with Crippen LogP contribution in [0.25, 0.3) is 0 Å². The van der Waals surface area contributed by atoms with Gasteiger partial charge >= 0.3 is 107 Å². The van der Waals surface area contributed by atoms with E-state index in [2.05, 4.69) is 9.78 Å².